The van der Waals surface area contributed by atoms with Crippen molar-refractivity contribution in [3.05, 3.63) is 33.3 Å². The Kier molecular flexibility index (Phi) is 3.17. The molecule has 0 amide bonds. The summed E-state index contributed by atoms with van der Waals surface area (Å²) in [6.07, 6.45) is 0.557. The number of halogens is 2. The maximum Gasteiger partial charge on any atom is 0.336 e. The van der Waals surface area contributed by atoms with Crippen LogP contribution in [0, 0.1) is 0 Å². The summed E-state index contributed by atoms with van der Waals surface area (Å²) in [5.74, 6) is -0.976. The Labute approximate surface area is 86.1 Å². The Balaban J connectivity index is 3.38. The molecule has 0 bridgehead atoms. The van der Waals surface area contributed by atoms with Crippen molar-refractivity contribution in [3.63, 3.8) is 0 Å². The molecule has 1 aromatic rings. The highest BCUT2D eigenvalue weighted by atomic mass is 35.5. The van der Waals surface area contributed by atoms with E-state index in [9.17, 15) is 4.79 Å². The predicted molar refractivity (Wildman–Crippen MR) is 52.8 cm³/mol. The minimum Gasteiger partial charge on any atom is -0.478 e. The summed E-state index contributed by atoms with van der Waals surface area (Å²) in [7, 11) is 0. The second-order valence-corrected chi connectivity index (χ2v) is 3.33. The zero-order valence-electron chi connectivity index (χ0n) is 6.97. The molecule has 0 heterocycles. The van der Waals surface area contributed by atoms with E-state index in [0.717, 1.165) is 0 Å². The number of carbonyl (C=O) groups is 1. The monoisotopic (exact) mass is 218 g/mol. The molecule has 0 spiro atoms. The minimum absolute atomic E-state index is 0.219. The first kappa shape index (κ1) is 10.4. The fourth-order valence-corrected chi connectivity index (χ4v) is 1.61. The molecule has 1 N–H and O–H groups in total. The summed E-state index contributed by atoms with van der Waals surface area (Å²) < 4.78 is 0. The Hall–Kier alpha value is -0.730. The van der Waals surface area contributed by atoms with Gasteiger partial charge < -0.3 is 5.11 Å². The molecule has 13 heavy (non-hydrogen) atoms. The molecule has 0 aliphatic carbocycles. The van der Waals surface area contributed by atoms with Gasteiger partial charge in [-0.2, -0.15) is 0 Å². The maximum absolute atomic E-state index is 10.7. The molecule has 4 heteroatoms. The van der Waals surface area contributed by atoms with Gasteiger partial charge in [0, 0.05) is 0 Å². The van der Waals surface area contributed by atoms with Crippen LogP contribution in [0.1, 0.15) is 22.8 Å². The van der Waals surface area contributed by atoms with Crippen molar-refractivity contribution in [1.29, 1.82) is 0 Å². The lowest BCUT2D eigenvalue weighted by Gasteiger charge is -2.06. The van der Waals surface area contributed by atoms with Crippen LogP contribution in [-0.4, -0.2) is 11.1 Å². The molecular formula is C9H8Cl2O2. The van der Waals surface area contributed by atoms with Crippen LogP contribution in [0.2, 0.25) is 10.0 Å². The van der Waals surface area contributed by atoms with Crippen LogP contribution >= 0.6 is 23.2 Å². The Morgan fingerprint density at radius 2 is 2.08 bits per heavy atom. The molecule has 1 rings (SSSR count). The van der Waals surface area contributed by atoms with Crippen molar-refractivity contribution >= 4 is 29.2 Å². The third-order valence-corrected chi connectivity index (χ3v) is 2.62. The van der Waals surface area contributed by atoms with E-state index in [1.807, 2.05) is 6.92 Å². The SMILES string of the molecule is CCc1c(C(=O)O)ccc(Cl)c1Cl. The summed E-state index contributed by atoms with van der Waals surface area (Å²) in [5, 5.41) is 9.54. The lowest BCUT2D eigenvalue weighted by Crippen LogP contribution is -2.02. The van der Waals surface area contributed by atoms with Crippen LogP contribution in [0.5, 0.6) is 0 Å². The maximum atomic E-state index is 10.7. The largest absolute Gasteiger partial charge is 0.478 e. The molecule has 1 aromatic carbocycles. The van der Waals surface area contributed by atoms with Gasteiger partial charge in [0.15, 0.2) is 0 Å². The van der Waals surface area contributed by atoms with E-state index in [1.165, 1.54) is 12.1 Å². The van der Waals surface area contributed by atoms with E-state index in [0.29, 0.717) is 22.0 Å². The zero-order chi connectivity index (χ0) is 10.0. The van der Waals surface area contributed by atoms with Gasteiger partial charge in [-0.15, -0.1) is 0 Å². The Morgan fingerprint density at radius 3 is 2.54 bits per heavy atom. The van der Waals surface area contributed by atoms with Gasteiger partial charge in [-0.1, -0.05) is 30.1 Å². The topological polar surface area (TPSA) is 37.3 Å². The first-order valence-corrected chi connectivity index (χ1v) is 4.53. The standard InChI is InChI=1S/C9H8Cl2O2/c1-2-5-6(9(12)13)3-4-7(10)8(5)11/h3-4H,2H2,1H3,(H,12,13). The average Bonchev–Trinajstić information content (AvgIpc) is 2.09. The van der Waals surface area contributed by atoms with Crippen molar-refractivity contribution in [2.24, 2.45) is 0 Å². The van der Waals surface area contributed by atoms with E-state index in [2.05, 4.69) is 0 Å². The smallest absolute Gasteiger partial charge is 0.336 e. The molecule has 70 valence electrons. The highest BCUT2D eigenvalue weighted by Crippen LogP contribution is 2.28. The van der Waals surface area contributed by atoms with Crippen LogP contribution in [-0.2, 0) is 6.42 Å². The second-order valence-electron chi connectivity index (χ2n) is 2.55. The quantitative estimate of drug-likeness (QED) is 0.828. The molecule has 0 radical (unpaired) electrons. The lowest BCUT2D eigenvalue weighted by atomic mass is 10.1. The molecule has 0 fully saturated rings. The summed E-state index contributed by atoms with van der Waals surface area (Å²) >= 11 is 11.6. The number of carboxylic acid groups (broad SMARTS) is 1. The second kappa shape index (κ2) is 3.99. The highest BCUT2D eigenvalue weighted by Gasteiger charge is 2.13. The molecule has 0 unspecified atom stereocenters. The molecule has 0 aromatic heterocycles. The van der Waals surface area contributed by atoms with Gasteiger partial charge >= 0.3 is 5.97 Å². The van der Waals surface area contributed by atoms with E-state index in [-0.39, 0.29) is 5.56 Å². The van der Waals surface area contributed by atoms with Crippen molar-refractivity contribution in [2.75, 3.05) is 0 Å². The van der Waals surface area contributed by atoms with Crippen molar-refractivity contribution in [3.8, 4) is 0 Å². The Bertz CT molecular complexity index is 348. The third kappa shape index (κ3) is 1.95. The van der Waals surface area contributed by atoms with Crippen LogP contribution in [0.25, 0.3) is 0 Å². The molecule has 2 nitrogen and oxygen atoms in total. The minimum atomic E-state index is -0.976. The lowest BCUT2D eigenvalue weighted by molar-refractivity contribution is 0.0696. The molecule has 0 saturated carbocycles. The molecule has 0 atom stereocenters. The zero-order valence-corrected chi connectivity index (χ0v) is 8.49. The van der Waals surface area contributed by atoms with Gasteiger partial charge in [-0.3, -0.25) is 0 Å². The summed E-state index contributed by atoms with van der Waals surface area (Å²) in [6.45, 7) is 1.84. The molecule has 0 aliphatic heterocycles. The van der Waals surface area contributed by atoms with Crippen LogP contribution < -0.4 is 0 Å². The van der Waals surface area contributed by atoms with Crippen LogP contribution in [0.15, 0.2) is 12.1 Å². The number of rotatable bonds is 2. The number of hydrogen-bond acceptors (Lipinski definition) is 1. The average molecular weight is 219 g/mol. The van der Waals surface area contributed by atoms with Gasteiger partial charge in [0.1, 0.15) is 0 Å². The van der Waals surface area contributed by atoms with Crippen LogP contribution in [0.4, 0.5) is 0 Å². The summed E-state index contributed by atoms with van der Waals surface area (Å²) in [5.41, 5.74) is 0.804. The number of benzene rings is 1. The molecule has 0 aliphatic rings. The van der Waals surface area contributed by atoms with E-state index >= 15 is 0 Å². The first-order chi connectivity index (χ1) is 6.07. The van der Waals surface area contributed by atoms with Gasteiger partial charge in [-0.05, 0) is 24.1 Å². The van der Waals surface area contributed by atoms with Crippen LogP contribution in [0.3, 0.4) is 0 Å². The number of aromatic carboxylic acids is 1. The normalized spacial score (nSPS) is 10.1. The van der Waals surface area contributed by atoms with Crippen molar-refractivity contribution in [2.45, 2.75) is 13.3 Å². The summed E-state index contributed by atoms with van der Waals surface area (Å²) in [4.78, 5) is 10.7. The summed E-state index contributed by atoms with van der Waals surface area (Å²) in [6, 6.07) is 2.96. The van der Waals surface area contributed by atoms with E-state index in [1.54, 1.807) is 0 Å². The molecular weight excluding hydrogens is 211 g/mol. The van der Waals surface area contributed by atoms with Crippen molar-refractivity contribution in [1.82, 2.24) is 0 Å². The Morgan fingerprint density at radius 1 is 1.46 bits per heavy atom. The van der Waals surface area contributed by atoms with E-state index in [4.69, 9.17) is 28.3 Å². The van der Waals surface area contributed by atoms with Gasteiger partial charge in [0.05, 0.1) is 15.6 Å². The predicted octanol–water partition coefficient (Wildman–Crippen LogP) is 3.25. The van der Waals surface area contributed by atoms with Gasteiger partial charge in [0.25, 0.3) is 0 Å². The van der Waals surface area contributed by atoms with Crippen molar-refractivity contribution < 1.29 is 9.90 Å². The number of carboxylic acids is 1. The van der Waals surface area contributed by atoms with E-state index < -0.39 is 5.97 Å². The first-order valence-electron chi connectivity index (χ1n) is 3.78. The van der Waals surface area contributed by atoms with Gasteiger partial charge in [-0.25, -0.2) is 4.79 Å². The fraction of sp³-hybridized carbons (Fsp3) is 0.222. The third-order valence-electron chi connectivity index (χ3n) is 1.78. The molecule has 0 saturated heterocycles. The fourth-order valence-electron chi connectivity index (χ4n) is 1.14. The highest BCUT2D eigenvalue weighted by molar-refractivity contribution is 6.42. The number of hydrogen-bond donors (Lipinski definition) is 1. The van der Waals surface area contributed by atoms with Gasteiger partial charge in [0.2, 0.25) is 0 Å².